The summed E-state index contributed by atoms with van der Waals surface area (Å²) in [5.41, 5.74) is 8.39. The van der Waals surface area contributed by atoms with Gasteiger partial charge >= 0.3 is 6.09 Å². The number of fused-ring (bicyclic) bond motifs is 1. The van der Waals surface area contributed by atoms with E-state index >= 15 is 0 Å². The normalized spacial score (nSPS) is 13.9. The predicted octanol–water partition coefficient (Wildman–Crippen LogP) is 5.97. The number of aryl methyl sites for hydroxylation is 1. The molecule has 0 atom stereocenters. The van der Waals surface area contributed by atoms with Gasteiger partial charge < -0.3 is 30.2 Å². The van der Waals surface area contributed by atoms with E-state index in [1.807, 2.05) is 39.8 Å². The smallest absolute Gasteiger partial charge is 0.410 e. The molecule has 0 aliphatic carbocycles. The quantitative estimate of drug-likeness (QED) is 0.214. The van der Waals surface area contributed by atoms with Crippen LogP contribution in [0, 0.1) is 6.92 Å². The van der Waals surface area contributed by atoms with E-state index in [2.05, 4.69) is 15.2 Å². The van der Waals surface area contributed by atoms with Crippen LogP contribution in [0.15, 0.2) is 41.3 Å². The van der Waals surface area contributed by atoms with Crippen molar-refractivity contribution in [2.45, 2.75) is 39.8 Å². The van der Waals surface area contributed by atoms with Gasteiger partial charge in [0.2, 0.25) is 5.95 Å². The average Bonchev–Trinajstić information content (AvgIpc) is 3.02. The van der Waals surface area contributed by atoms with Crippen LogP contribution in [0.25, 0.3) is 22.2 Å². The highest BCUT2D eigenvalue weighted by molar-refractivity contribution is 6.41. The second-order valence-electron chi connectivity index (χ2n) is 12.2. The Morgan fingerprint density at radius 2 is 1.68 bits per heavy atom. The van der Waals surface area contributed by atoms with Crippen LogP contribution in [0.2, 0.25) is 10.0 Å². The molecule has 0 radical (unpaired) electrons. The maximum absolute atomic E-state index is 14.4. The number of rotatable bonds is 8. The molecule has 2 aromatic carbocycles. The van der Waals surface area contributed by atoms with E-state index in [1.165, 1.54) is 14.2 Å². The molecule has 0 unspecified atom stereocenters. The van der Waals surface area contributed by atoms with Crippen LogP contribution in [0.1, 0.15) is 26.3 Å². The number of hydrogen-bond donors (Lipinski definition) is 2. The molecule has 2 aromatic heterocycles. The lowest BCUT2D eigenvalue weighted by Crippen LogP contribution is -2.50. The van der Waals surface area contributed by atoms with Gasteiger partial charge in [0.25, 0.3) is 5.56 Å². The van der Waals surface area contributed by atoms with Crippen LogP contribution >= 0.6 is 23.2 Å². The van der Waals surface area contributed by atoms with Crippen LogP contribution in [0.3, 0.4) is 0 Å². The first kappa shape index (κ1) is 34.1. The predicted molar refractivity (Wildman–Crippen MR) is 185 cm³/mol. The second kappa shape index (κ2) is 13.8. The number of pyridine rings is 1. The van der Waals surface area contributed by atoms with E-state index in [1.54, 1.807) is 33.9 Å². The molecular weight excluding hydrogens is 645 g/mol. The van der Waals surface area contributed by atoms with E-state index < -0.39 is 5.60 Å². The van der Waals surface area contributed by atoms with Gasteiger partial charge in [-0.25, -0.2) is 9.78 Å². The summed E-state index contributed by atoms with van der Waals surface area (Å²) in [6.07, 6.45) is 1.30. The zero-order valence-electron chi connectivity index (χ0n) is 27.3. The van der Waals surface area contributed by atoms with Gasteiger partial charge in [0.1, 0.15) is 22.7 Å². The highest BCUT2D eigenvalue weighted by Crippen LogP contribution is 2.45. The van der Waals surface area contributed by atoms with Crippen molar-refractivity contribution in [2.75, 3.05) is 58.0 Å². The first-order valence-corrected chi connectivity index (χ1v) is 15.9. The molecule has 4 aromatic rings. The summed E-state index contributed by atoms with van der Waals surface area (Å²) in [5, 5.41) is 4.15. The molecule has 1 aliphatic heterocycles. The van der Waals surface area contributed by atoms with Gasteiger partial charge in [0.05, 0.1) is 41.2 Å². The van der Waals surface area contributed by atoms with Crippen molar-refractivity contribution in [1.29, 1.82) is 0 Å². The molecule has 1 amide bonds. The minimum absolute atomic E-state index is 0.175. The summed E-state index contributed by atoms with van der Waals surface area (Å²) in [6.45, 7) is 10.5. The number of piperazine rings is 1. The largest absolute Gasteiger partial charge is 0.495 e. The minimum Gasteiger partial charge on any atom is -0.495 e. The summed E-state index contributed by atoms with van der Waals surface area (Å²) < 4.78 is 18.1. The molecule has 0 saturated carbocycles. The Balaban J connectivity index is 1.54. The molecule has 1 fully saturated rings. The summed E-state index contributed by atoms with van der Waals surface area (Å²) in [5.74, 6) is 0.899. The number of carbonyl (C=O) groups is 1. The molecule has 1 saturated heterocycles. The van der Waals surface area contributed by atoms with Gasteiger partial charge in [0.15, 0.2) is 0 Å². The first-order chi connectivity index (χ1) is 22.3. The fourth-order valence-corrected chi connectivity index (χ4v) is 6.13. The third-order valence-electron chi connectivity index (χ3n) is 7.88. The van der Waals surface area contributed by atoms with E-state index in [-0.39, 0.29) is 45.3 Å². The van der Waals surface area contributed by atoms with E-state index in [9.17, 15) is 9.59 Å². The Kier molecular flexibility index (Phi) is 10.0. The monoisotopic (exact) mass is 683 g/mol. The first-order valence-electron chi connectivity index (χ1n) is 15.1. The second-order valence-corrected chi connectivity index (χ2v) is 13.0. The van der Waals surface area contributed by atoms with Crippen molar-refractivity contribution >= 4 is 57.7 Å². The van der Waals surface area contributed by atoms with Crippen molar-refractivity contribution in [3.05, 3.63) is 62.5 Å². The fraction of sp³-hybridized carbons (Fsp3) is 0.394. The number of benzene rings is 2. The zero-order chi connectivity index (χ0) is 34.0. The summed E-state index contributed by atoms with van der Waals surface area (Å²) in [4.78, 5) is 40.2. The van der Waals surface area contributed by atoms with Crippen LogP contribution in [0.4, 0.5) is 22.1 Å². The number of hydrogen-bond acceptors (Lipinski definition) is 10. The Bertz CT molecular complexity index is 1820. The molecule has 47 heavy (non-hydrogen) atoms. The van der Waals surface area contributed by atoms with E-state index in [0.29, 0.717) is 66.6 Å². The number of methoxy groups -OCH3 is 2. The number of nitrogens with one attached hydrogen (secondary N) is 1. The van der Waals surface area contributed by atoms with Gasteiger partial charge in [-0.05, 0) is 45.4 Å². The third kappa shape index (κ3) is 7.34. The Morgan fingerprint density at radius 3 is 2.28 bits per heavy atom. The highest BCUT2D eigenvalue weighted by Gasteiger charge is 2.27. The number of nitrogen functional groups attached to an aromatic ring is 1. The Labute approximate surface area is 283 Å². The number of halogens is 2. The van der Waals surface area contributed by atoms with Gasteiger partial charge in [-0.2, -0.15) is 4.98 Å². The van der Waals surface area contributed by atoms with E-state index in [0.717, 1.165) is 5.56 Å². The number of para-hydroxylation sites is 1. The van der Waals surface area contributed by atoms with Gasteiger partial charge in [-0.3, -0.25) is 14.3 Å². The van der Waals surface area contributed by atoms with Gasteiger partial charge in [-0.15, -0.1) is 0 Å². The molecule has 14 heteroatoms. The van der Waals surface area contributed by atoms with E-state index in [4.69, 9.17) is 48.1 Å². The molecule has 3 heterocycles. The number of carbonyl (C=O) groups excluding carboxylic acids is 1. The fourth-order valence-electron chi connectivity index (χ4n) is 5.42. The molecule has 5 rings (SSSR count). The number of anilines is 3. The molecule has 0 bridgehead atoms. The Morgan fingerprint density at radius 1 is 1.02 bits per heavy atom. The van der Waals surface area contributed by atoms with Gasteiger partial charge in [-0.1, -0.05) is 35.3 Å². The minimum atomic E-state index is -0.569. The Hall–Kier alpha value is -4.26. The lowest BCUT2D eigenvalue weighted by atomic mass is 10.0. The van der Waals surface area contributed by atoms with Crippen molar-refractivity contribution in [2.24, 2.45) is 0 Å². The maximum Gasteiger partial charge on any atom is 0.410 e. The summed E-state index contributed by atoms with van der Waals surface area (Å²) >= 11 is 13.5. The average molecular weight is 685 g/mol. The van der Waals surface area contributed by atoms with Crippen LogP contribution < -0.4 is 26.1 Å². The topological polar surface area (TPSA) is 137 Å². The number of nitrogens with zero attached hydrogens (tertiary/aromatic N) is 5. The number of ether oxygens (including phenoxy) is 3. The standard InChI is InChI=1S/C33H39Cl2N7O5/c1-19-8-7-9-22(36)28(19)38-31-37-18-20-16-21(25-26(34)23(45-5)17-24(46-6)27(25)35)30(43)42(29(20)39-31)15-12-40-10-13-41(14-11-40)32(44)47-33(2,3)4/h7-9,16-18H,10-15,36H2,1-6H3,(H,37,38,39). The number of nitrogens with two attached hydrogens (primary N) is 1. The number of aromatic nitrogens is 3. The lowest BCUT2D eigenvalue weighted by molar-refractivity contribution is 0.0143. The highest BCUT2D eigenvalue weighted by atomic mass is 35.5. The molecule has 1 aliphatic rings. The molecule has 12 nitrogen and oxygen atoms in total. The molecule has 0 spiro atoms. The van der Waals surface area contributed by atoms with Crippen LogP contribution in [0.5, 0.6) is 11.5 Å². The van der Waals surface area contributed by atoms with Crippen molar-refractivity contribution < 1.29 is 19.0 Å². The molecule has 3 N–H and O–H groups in total. The van der Waals surface area contributed by atoms with Crippen molar-refractivity contribution in [3.63, 3.8) is 0 Å². The maximum atomic E-state index is 14.4. The molecular formula is C33H39Cl2N7O5. The SMILES string of the molecule is COc1cc(OC)c(Cl)c(-c2cc3cnc(Nc4c(C)cccc4N)nc3n(CCN3CCN(C(=O)OC(C)(C)C)CC3)c2=O)c1Cl. The third-order valence-corrected chi connectivity index (χ3v) is 8.63. The summed E-state index contributed by atoms with van der Waals surface area (Å²) in [7, 11) is 2.95. The van der Waals surface area contributed by atoms with Crippen molar-refractivity contribution in [3.8, 4) is 22.6 Å². The number of amides is 1. The van der Waals surface area contributed by atoms with Crippen LogP contribution in [-0.2, 0) is 11.3 Å². The zero-order valence-corrected chi connectivity index (χ0v) is 28.8. The van der Waals surface area contributed by atoms with Crippen molar-refractivity contribution in [1.82, 2.24) is 24.3 Å². The summed E-state index contributed by atoms with van der Waals surface area (Å²) in [6, 6.07) is 8.83. The molecule has 250 valence electrons. The lowest BCUT2D eigenvalue weighted by Gasteiger charge is -2.35. The van der Waals surface area contributed by atoms with Gasteiger partial charge in [0, 0.05) is 62.5 Å². The van der Waals surface area contributed by atoms with Crippen LogP contribution in [-0.4, -0.2) is 83.0 Å².